The summed E-state index contributed by atoms with van der Waals surface area (Å²) in [5, 5.41) is 3.71. The van der Waals surface area contributed by atoms with E-state index in [1.165, 1.54) is 4.90 Å². The Kier molecular flexibility index (Phi) is 6.38. The summed E-state index contributed by atoms with van der Waals surface area (Å²) < 4.78 is 10.9. The third kappa shape index (κ3) is 4.43. The van der Waals surface area contributed by atoms with E-state index in [2.05, 4.69) is 5.32 Å². The standard InChI is InChI=1S/C26H23ClN2O4/c1-16-8-13-22(33-3)20(14-16)28-24-23(17-9-11-19(27)12-10-17)25(30)29(26(24)31)15-18-6-4-5-7-21(18)32-2/h4-14,28H,15H2,1-3H3. The molecule has 3 aromatic rings. The maximum absolute atomic E-state index is 13.5. The quantitative estimate of drug-likeness (QED) is 0.497. The van der Waals surface area contributed by atoms with E-state index in [0.29, 0.717) is 27.8 Å². The highest BCUT2D eigenvalue weighted by atomic mass is 35.5. The number of carbonyl (C=O) groups excluding carboxylic acids is 2. The lowest BCUT2D eigenvalue weighted by molar-refractivity contribution is -0.137. The number of rotatable bonds is 7. The third-order valence-electron chi connectivity index (χ3n) is 5.44. The first-order chi connectivity index (χ1) is 15.9. The molecule has 0 atom stereocenters. The van der Waals surface area contributed by atoms with Crippen LogP contribution in [0, 0.1) is 6.92 Å². The average Bonchev–Trinajstić information content (AvgIpc) is 3.04. The molecule has 6 nitrogen and oxygen atoms in total. The maximum atomic E-state index is 13.5. The molecule has 33 heavy (non-hydrogen) atoms. The highest BCUT2D eigenvalue weighted by Gasteiger charge is 2.39. The van der Waals surface area contributed by atoms with Crippen molar-refractivity contribution in [3.8, 4) is 11.5 Å². The van der Waals surface area contributed by atoms with Crippen molar-refractivity contribution >= 4 is 34.7 Å². The van der Waals surface area contributed by atoms with Gasteiger partial charge in [0.2, 0.25) is 0 Å². The van der Waals surface area contributed by atoms with E-state index in [9.17, 15) is 9.59 Å². The number of para-hydroxylation sites is 1. The van der Waals surface area contributed by atoms with Crippen molar-refractivity contribution in [1.29, 1.82) is 0 Å². The van der Waals surface area contributed by atoms with Crippen molar-refractivity contribution in [2.75, 3.05) is 19.5 Å². The summed E-state index contributed by atoms with van der Waals surface area (Å²) in [6, 6.07) is 19.7. The average molecular weight is 463 g/mol. The maximum Gasteiger partial charge on any atom is 0.278 e. The molecular weight excluding hydrogens is 440 g/mol. The number of benzene rings is 3. The number of anilines is 1. The minimum absolute atomic E-state index is 0.0783. The Hall–Kier alpha value is -3.77. The molecule has 0 saturated heterocycles. The van der Waals surface area contributed by atoms with Crippen molar-refractivity contribution in [3.63, 3.8) is 0 Å². The fourth-order valence-corrected chi connectivity index (χ4v) is 3.90. The van der Waals surface area contributed by atoms with Crippen molar-refractivity contribution in [3.05, 3.63) is 94.1 Å². The van der Waals surface area contributed by atoms with Gasteiger partial charge in [-0.15, -0.1) is 0 Å². The normalized spacial score (nSPS) is 13.5. The zero-order valence-electron chi connectivity index (χ0n) is 18.5. The van der Waals surface area contributed by atoms with Gasteiger partial charge in [0.1, 0.15) is 17.2 Å². The summed E-state index contributed by atoms with van der Waals surface area (Å²) in [5.41, 5.74) is 3.35. The van der Waals surface area contributed by atoms with Crippen molar-refractivity contribution < 1.29 is 19.1 Å². The van der Waals surface area contributed by atoms with Crippen LogP contribution in [0.15, 0.2) is 72.4 Å². The number of methoxy groups -OCH3 is 2. The van der Waals surface area contributed by atoms with Crippen molar-refractivity contribution in [2.45, 2.75) is 13.5 Å². The Labute approximate surface area is 197 Å². The highest BCUT2D eigenvalue weighted by Crippen LogP contribution is 2.35. The van der Waals surface area contributed by atoms with E-state index in [-0.39, 0.29) is 17.8 Å². The molecule has 1 aliphatic heterocycles. The minimum Gasteiger partial charge on any atom is -0.496 e. The number of nitrogens with one attached hydrogen (secondary N) is 1. The Bertz CT molecular complexity index is 1250. The van der Waals surface area contributed by atoms with Crippen molar-refractivity contribution in [2.24, 2.45) is 0 Å². The molecule has 0 fully saturated rings. The lowest BCUT2D eigenvalue weighted by atomic mass is 10.0. The van der Waals surface area contributed by atoms with Crippen LogP contribution in [-0.4, -0.2) is 30.9 Å². The van der Waals surface area contributed by atoms with Crippen LogP contribution in [0.5, 0.6) is 11.5 Å². The fraction of sp³-hybridized carbons (Fsp3) is 0.154. The lowest BCUT2D eigenvalue weighted by Gasteiger charge is -2.17. The van der Waals surface area contributed by atoms with E-state index < -0.39 is 11.8 Å². The van der Waals surface area contributed by atoms with E-state index in [4.69, 9.17) is 21.1 Å². The summed E-state index contributed by atoms with van der Waals surface area (Å²) >= 11 is 6.05. The van der Waals surface area contributed by atoms with Crippen LogP contribution in [0.25, 0.3) is 5.57 Å². The molecule has 7 heteroatoms. The molecule has 2 amide bonds. The fourth-order valence-electron chi connectivity index (χ4n) is 3.78. The molecule has 0 radical (unpaired) electrons. The Morgan fingerprint density at radius 2 is 1.58 bits per heavy atom. The number of amides is 2. The molecule has 1 aliphatic rings. The lowest BCUT2D eigenvalue weighted by Crippen LogP contribution is -2.32. The molecule has 1 N–H and O–H groups in total. The second kappa shape index (κ2) is 9.38. The van der Waals surface area contributed by atoms with Gasteiger partial charge in [-0.2, -0.15) is 0 Å². The molecule has 3 aromatic carbocycles. The first-order valence-electron chi connectivity index (χ1n) is 10.3. The predicted molar refractivity (Wildman–Crippen MR) is 128 cm³/mol. The second-order valence-corrected chi connectivity index (χ2v) is 8.03. The third-order valence-corrected chi connectivity index (χ3v) is 5.69. The largest absolute Gasteiger partial charge is 0.496 e. The van der Waals surface area contributed by atoms with Crippen LogP contribution in [0.1, 0.15) is 16.7 Å². The number of aryl methyl sites for hydroxylation is 1. The first-order valence-corrected chi connectivity index (χ1v) is 10.7. The molecule has 0 aliphatic carbocycles. The number of halogens is 1. The smallest absolute Gasteiger partial charge is 0.278 e. The summed E-state index contributed by atoms with van der Waals surface area (Å²) in [6.45, 7) is 2.02. The van der Waals surface area contributed by atoms with E-state index >= 15 is 0 Å². The van der Waals surface area contributed by atoms with Gasteiger partial charge in [0.05, 0.1) is 32.0 Å². The molecule has 0 bridgehead atoms. The van der Waals surface area contributed by atoms with Crippen LogP contribution in [-0.2, 0) is 16.1 Å². The van der Waals surface area contributed by atoms with Gasteiger partial charge in [-0.1, -0.05) is 48.0 Å². The van der Waals surface area contributed by atoms with Gasteiger partial charge in [-0.25, -0.2) is 0 Å². The molecule has 168 valence electrons. The molecule has 0 aromatic heterocycles. The van der Waals surface area contributed by atoms with Gasteiger partial charge in [-0.05, 0) is 48.4 Å². The number of imide groups is 1. The topological polar surface area (TPSA) is 67.9 Å². The van der Waals surface area contributed by atoms with Gasteiger partial charge >= 0.3 is 0 Å². The zero-order chi connectivity index (χ0) is 23.5. The molecule has 0 spiro atoms. The predicted octanol–water partition coefficient (Wildman–Crippen LogP) is 5.06. The number of nitrogens with zero attached hydrogens (tertiary/aromatic N) is 1. The minimum atomic E-state index is -0.431. The SMILES string of the molecule is COc1ccccc1CN1C(=O)C(Nc2cc(C)ccc2OC)=C(c2ccc(Cl)cc2)C1=O. The van der Waals surface area contributed by atoms with E-state index in [0.717, 1.165) is 11.1 Å². The summed E-state index contributed by atoms with van der Waals surface area (Å²) in [6.07, 6.45) is 0. The second-order valence-electron chi connectivity index (χ2n) is 7.59. The summed E-state index contributed by atoms with van der Waals surface area (Å²) in [5.74, 6) is 0.335. The first kappa shape index (κ1) is 22.4. The molecule has 0 unspecified atom stereocenters. The Morgan fingerprint density at radius 3 is 2.27 bits per heavy atom. The van der Waals surface area contributed by atoms with Crippen LogP contribution in [0.4, 0.5) is 5.69 Å². The van der Waals surface area contributed by atoms with E-state index in [1.807, 2.05) is 43.3 Å². The zero-order valence-corrected chi connectivity index (χ0v) is 19.3. The number of hydrogen-bond donors (Lipinski definition) is 1. The van der Waals surface area contributed by atoms with Crippen LogP contribution < -0.4 is 14.8 Å². The van der Waals surface area contributed by atoms with Gasteiger partial charge in [0.15, 0.2) is 0 Å². The van der Waals surface area contributed by atoms with Gasteiger partial charge in [-0.3, -0.25) is 14.5 Å². The Morgan fingerprint density at radius 1 is 0.879 bits per heavy atom. The van der Waals surface area contributed by atoms with Gasteiger partial charge < -0.3 is 14.8 Å². The van der Waals surface area contributed by atoms with Gasteiger partial charge in [0.25, 0.3) is 11.8 Å². The Balaban J connectivity index is 1.78. The van der Waals surface area contributed by atoms with Gasteiger partial charge in [0, 0.05) is 10.6 Å². The number of carbonyl (C=O) groups is 2. The molecular formula is C26H23ClN2O4. The van der Waals surface area contributed by atoms with Crippen molar-refractivity contribution in [1.82, 2.24) is 4.90 Å². The van der Waals surface area contributed by atoms with Crippen LogP contribution in [0.2, 0.25) is 5.02 Å². The van der Waals surface area contributed by atoms with Crippen LogP contribution in [0.3, 0.4) is 0 Å². The molecule has 1 heterocycles. The summed E-state index contributed by atoms with van der Waals surface area (Å²) in [4.78, 5) is 28.3. The highest BCUT2D eigenvalue weighted by molar-refractivity contribution is 6.37. The summed E-state index contributed by atoms with van der Waals surface area (Å²) in [7, 11) is 3.11. The van der Waals surface area contributed by atoms with Crippen LogP contribution >= 0.6 is 11.6 Å². The number of ether oxygens (including phenoxy) is 2. The van der Waals surface area contributed by atoms with E-state index in [1.54, 1.807) is 44.6 Å². The number of hydrogen-bond acceptors (Lipinski definition) is 5. The monoisotopic (exact) mass is 462 g/mol. The molecule has 0 saturated carbocycles. The molecule has 4 rings (SSSR count).